The maximum Gasteiger partial charge on any atom is 0.319 e. The summed E-state index contributed by atoms with van der Waals surface area (Å²) >= 11 is 0. The molecule has 5 rings (SSSR count). The Kier molecular flexibility index (Phi) is 6.71. The van der Waals surface area contributed by atoms with E-state index in [1.165, 1.54) is 5.56 Å². The predicted octanol–water partition coefficient (Wildman–Crippen LogP) is 2.86. The third-order valence-electron chi connectivity index (χ3n) is 6.31. The molecule has 1 fully saturated rings. The second-order valence-electron chi connectivity index (χ2n) is 8.71. The third kappa shape index (κ3) is 5.02. The number of urea groups is 1. The first kappa shape index (κ1) is 23.0. The zero-order valence-corrected chi connectivity index (χ0v) is 20.1. The number of benzene rings is 1. The molecule has 4 heterocycles. The lowest BCUT2D eigenvalue weighted by atomic mass is 10.0. The van der Waals surface area contributed by atoms with Gasteiger partial charge in [-0.05, 0) is 50.6 Å². The molecule has 1 saturated heterocycles. The molecular formula is C25H30N8O2. The van der Waals surface area contributed by atoms with Gasteiger partial charge in [0.1, 0.15) is 18.0 Å². The van der Waals surface area contributed by atoms with Crippen LogP contribution in [-0.4, -0.2) is 64.9 Å². The highest BCUT2D eigenvalue weighted by Gasteiger charge is 2.29. The van der Waals surface area contributed by atoms with Gasteiger partial charge in [0.25, 0.3) is 0 Å². The molecule has 0 bridgehead atoms. The second kappa shape index (κ2) is 10.2. The van der Waals surface area contributed by atoms with Crippen LogP contribution >= 0.6 is 0 Å². The zero-order valence-electron chi connectivity index (χ0n) is 20.1. The van der Waals surface area contributed by atoms with E-state index in [0.29, 0.717) is 32.1 Å². The molecule has 0 spiro atoms. The highest BCUT2D eigenvalue weighted by Crippen LogP contribution is 2.32. The number of rotatable bonds is 5. The van der Waals surface area contributed by atoms with E-state index in [2.05, 4.69) is 37.3 Å². The van der Waals surface area contributed by atoms with E-state index in [1.54, 1.807) is 12.5 Å². The molecule has 2 N–H and O–H groups in total. The van der Waals surface area contributed by atoms with E-state index in [1.807, 2.05) is 37.3 Å². The quantitative estimate of drug-likeness (QED) is 0.581. The van der Waals surface area contributed by atoms with Gasteiger partial charge in [-0.25, -0.2) is 24.7 Å². The Morgan fingerprint density at radius 1 is 1.17 bits per heavy atom. The van der Waals surface area contributed by atoms with Crippen LogP contribution in [0.25, 0.3) is 11.4 Å². The van der Waals surface area contributed by atoms with E-state index in [9.17, 15) is 4.79 Å². The van der Waals surface area contributed by atoms with Crippen LogP contribution in [0.1, 0.15) is 25.1 Å². The summed E-state index contributed by atoms with van der Waals surface area (Å²) in [6.45, 7) is 8.30. The minimum atomic E-state index is -0.223. The molecule has 3 aromatic rings. The molecule has 2 aromatic heterocycles. The van der Waals surface area contributed by atoms with Crippen molar-refractivity contribution in [1.29, 1.82) is 0 Å². The van der Waals surface area contributed by atoms with Crippen LogP contribution in [-0.2, 0) is 17.7 Å². The van der Waals surface area contributed by atoms with Crippen LogP contribution in [0.3, 0.4) is 0 Å². The van der Waals surface area contributed by atoms with Crippen molar-refractivity contribution >= 4 is 23.4 Å². The minimum Gasteiger partial charge on any atom is -0.377 e. The number of hydrogen-bond donors (Lipinski definition) is 2. The maximum atomic E-state index is 11.8. The molecular weight excluding hydrogens is 444 g/mol. The topological polar surface area (TPSA) is 108 Å². The lowest BCUT2D eigenvalue weighted by Gasteiger charge is -2.38. The van der Waals surface area contributed by atoms with Gasteiger partial charge in [0, 0.05) is 42.6 Å². The van der Waals surface area contributed by atoms with Crippen molar-refractivity contribution in [3.05, 3.63) is 54.1 Å². The van der Waals surface area contributed by atoms with Crippen LogP contribution in [0.15, 0.2) is 42.9 Å². The molecule has 2 aliphatic heterocycles. The van der Waals surface area contributed by atoms with Crippen molar-refractivity contribution in [3.63, 3.8) is 0 Å². The number of aromatic nitrogens is 4. The van der Waals surface area contributed by atoms with Crippen LogP contribution in [0, 0.1) is 0 Å². The fraction of sp³-hybridized carbons (Fsp3) is 0.400. The van der Waals surface area contributed by atoms with Gasteiger partial charge < -0.3 is 25.2 Å². The van der Waals surface area contributed by atoms with Crippen molar-refractivity contribution in [2.75, 3.05) is 48.0 Å². The van der Waals surface area contributed by atoms with Crippen molar-refractivity contribution in [2.24, 2.45) is 0 Å². The highest BCUT2D eigenvalue weighted by molar-refractivity contribution is 5.89. The summed E-state index contributed by atoms with van der Waals surface area (Å²) in [7, 11) is 0. The lowest BCUT2D eigenvalue weighted by Crippen LogP contribution is -2.45. The number of hydrogen-bond acceptors (Lipinski definition) is 8. The van der Waals surface area contributed by atoms with Gasteiger partial charge in [-0.3, -0.25) is 0 Å². The van der Waals surface area contributed by atoms with Gasteiger partial charge in [0.15, 0.2) is 5.82 Å². The summed E-state index contributed by atoms with van der Waals surface area (Å²) in [6, 6.07) is 9.58. The molecule has 0 unspecified atom stereocenters. The number of carbonyl (C=O) groups is 1. The summed E-state index contributed by atoms with van der Waals surface area (Å²) in [4.78, 5) is 35.0. The molecule has 1 aromatic carbocycles. The minimum absolute atomic E-state index is 0.223. The van der Waals surface area contributed by atoms with E-state index in [-0.39, 0.29) is 12.1 Å². The monoisotopic (exact) mass is 474 g/mol. The van der Waals surface area contributed by atoms with Crippen LogP contribution in [0.5, 0.6) is 0 Å². The SMILES string of the molecule is CCNC(=O)Nc1ccc(-c2nc3c(c(N4CCOC[C@H]4C)n2)CCN(c2ccncn2)C3)cc1. The molecule has 0 aliphatic carbocycles. The van der Waals surface area contributed by atoms with E-state index < -0.39 is 0 Å². The first-order valence-corrected chi connectivity index (χ1v) is 12.0. The Hall–Kier alpha value is -3.79. The molecule has 0 saturated carbocycles. The Labute approximate surface area is 204 Å². The first-order chi connectivity index (χ1) is 17.1. The van der Waals surface area contributed by atoms with E-state index in [0.717, 1.165) is 48.1 Å². The normalized spacial score (nSPS) is 17.6. The summed E-state index contributed by atoms with van der Waals surface area (Å²) in [5.74, 6) is 2.56. The van der Waals surface area contributed by atoms with Gasteiger partial charge in [-0.2, -0.15) is 0 Å². The average molecular weight is 475 g/mol. The van der Waals surface area contributed by atoms with E-state index in [4.69, 9.17) is 14.7 Å². The zero-order chi connectivity index (χ0) is 24.2. The first-order valence-electron chi connectivity index (χ1n) is 12.0. The predicted molar refractivity (Wildman–Crippen MR) is 135 cm³/mol. The number of anilines is 3. The van der Waals surface area contributed by atoms with Gasteiger partial charge in [0.2, 0.25) is 0 Å². The Bertz CT molecular complexity index is 1170. The number of morpholine rings is 1. The smallest absolute Gasteiger partial charge is 0.319 e. The van der Waals surface area contributed by atoms with Crippen LogP contribution in [0.4, 0.5) is 22.1 Å². The molecule has 2 aliphatic rings. The number of nitrogens with one attached hydrogen (secondary N) is 2. The summed E-state index contributed by atoms with van der Waals surface area (Å²) < 4.78 is 5.68. The maximum absolute atomic E-state index is 11.8. The van der Waals surface area contributed by atoms with Gasteiger partial charge in [-0.15, -0.1) is 0 Å². The highest BCUT2D eigenvalue weighted by atomic mass is 16.5. The molecule has 10 nitrogen and oxygen atoms in total. The Morgan fingerprint density at radius 2 is 2.03 bits per heavy atom. The third-order valence-corrected chi connectivity index (χ3v) is 6.31. The largest absolute Gasteiger partial charge is 0.377 e. The molecule has 182 valence electrons. The van der Waals surface area contributed by atoms with Crippen molar-refractivity contribution in [3.8, 4) is 11.4 Å². The standard InChI is InChI=1S/C25H30N8O2/c1-3-27-25(34)29-19-6-4-18(5-7-19)23-30-21-14-32(22-8-10-26-16-28-22)11-9-20(21)24(31-23)33-12-13-35-15-17(33)2/h4-8,10,16-17H,3,9,11-15H2,1-2H3,(H2,27,29,34)/t17-/m1/s1. The lowest BCUT2D eigenvalue weighted by molar-refractivity contribution is 0.0984. The van der Waals surface area contributed by atoms with Gasteiger partial charge in [0.05, 0.1) is 31.5 Å². The number of ether oxygens (including phenoxy) is 1. The summed E-state index contributed by atoms with van der Waals surface area (Å²) in [5, 5.41) is 5.57. The number of nitrogens with zero attached hydrogens (tertiary/aromatic N) is 6. The number of amides is 2. The van der Waals surface area contributed by atoms with Crippen molar-refractivity contribution < 1.29 is 9.53 Å². The fourth-order valence-electron chi connectivity index (χ4n) is 4.52. The average Bonchev–Trinajstić information content (AvgIpc) is 2.89. The molecule has 0 radical (unpaired) electrons. The molecule has 35 heavy (non-hydrogen) atoms. The Balaban J connectivity index is 1.49. The van der Waals surface area contributed by atoms with Gasteiger partial charge >= 0.3 is 6.03 Å². The number of carbonyl (C=O) groups excluding carboxylic acids is 1. The van der Waals surface area contributed by atoms with Crippen LogP contribution in [0.2, 0.25) is 0 Å². The second-order valence-corrected chi connectivity index (χ2v) is 8.71. The fourth-order valence-corrected chi connectivity index (χ4v) is 4.52. The van der Waals surface area contributed by atoms with Crippen molar-refractivity contribution in [1.82, 2.24) is 25.3 Å². The van der Waals surface area contributed by atoms with Gasteiger partial charge in [-0.1, -0.05) is 0 Å². The molecule has 1 atom stereocenters. The molecule has 2 amide bonds. The van der Waals surface area contributed by atoms with E-state index >= 15 is 0 Å². The molecule has 10 heteroatoms. The number of fused-ring (bicyclic) bond motifs is 1. The Morgan fingerprint density at radius 3 is 2.77 bits per heavy atom. The summed E-state index contributed by atoms with van der Waals surface area (Å²) in [6.07, 6.45) is 4.18. The van der Waals surface area contributed by atoms with Crippen LogP contribution < -0.4 is 20.4 Å². The van der Waals surface area contributed by atoms with Crippen molar-refractivity contribution in [2.45, 2.75) is 32.9 Å². The summed E-state index contributed by atoms with van der Waals surface area (Å²) in [5.41, 5.74) is 3.82.